The van der Waals surface area contributed by atoms with E-state index in [-0.39, 0.29) is 11.9 Å². The van der Waals surface area contributed by atoms with Gasteiger partial charge in [-0.25, -0.2) is 9.37 Å². The van der Waals surface area contributed by atoms with Crippen LogP contribution in [0.2, 0.25) is 0 Å². The third kappa shape index (κ3) is 4.79. The summed E-state index contributed by atoms with van der Waals surface area (Å²) in [6, 6.07) is 9.45. The average Bonchev–Trinajstić information content (AvgIpc) is 3.50. The topological polar surface area (TPSA) is 96.7 Å². The van der Waals surface area contributed by atoms with Gasteiger partial charge in [0.25, 0.3) is 0 Å². The third-order valence-corrected chi connectivity index (χ3v) is 6.91. The zero-order chi connectivity index (χ0) is 22.9. The van der Waals surface area contributed by atoms with E-state index in [1.165, 1.54) is 30.8 Å². The number of halogens is 1. The predicted octanol–water partition coefficient (Wildman–Crippen LogP) is 3.87. The maximum absolute atomic E-state index is 14.6. The van der Waals surface area contributed by atoms with Gasteiger partial charge in [0.15, 0.2) is 11.6 Å². The average molecular weight is 470 g/mol. The van der Waals surface area contributed by atoms with Crippen LogP contribution in [-0.4, -0.2) is 65.5 Å². The van der Waals surface area contributed by atoms with Gasteiger partial charge < -0.3 is 10.6 Å². The number of likely N-dealkylation sites (tertiary alicyclic amines) is 1. The summed E-state index contributed by atoms with van der Waals surface area (Å²) in [5.74, 6) is 0.116. The van der Waals surface area contributed by atoms with Gasteiger partial charge in [-0.15, -0.1) is 5.10 Å². The Balaban J connectivity index is 1.30. The van der Waals surface area contributed by atoms with E-state index in [0.717, 1.165) is 30.3 Å². The van der Waals surface area contributed by atoms with E-state index in [2.05, 4.69) is 54.9 Å². The number of thioether (sulfide) groups is 1. The number of anilines is 3. The summed E-state index contributed by atoms with van der Waals surface area (Å²) in [7, 11) is 0. The van der Waals surface area contributed by atoms with Gasteiger partial charge in [-0.3, -0.25) is 4.90 Å². The van der Waals surface area contributed by atoms with Crippen LogP contribution in [0.15, 0.2) is 35.6 Å². The van der Waals surface area contributed by atoms with Crippen molar-refractivity contribution in [3.05, 3.63) is 36.3 Å². The lowest BCUT2D eigenvalue weighted by atomic mass is 9.92. The fraction of sp³-hybridized carbons (Fsp3) is 0.500. The first-order valence-electron chi connectivity index (χ1n) is 11.3. The second-order valence-corrected chi connectivity index (χ2v) is 9.61. The van der Waals surface area contributed by atoms with Crippen molar-refractivity contribution in [2.75, 3.05) is 16.9 Å². The largest absolute Gasteiger partial charge is 0.365 e. The van der Waals surface area contributed by atoms with Crippen molar-refractivity contribution in [2.45, 2.75) is 68.9 Å². The van der Waals surface area contributed by atoms with Gasteiger partial charge in [-0.2, -0.15) is 9.67 Å². The van der Waals surface area contributed by atoms with Gasteiger partial charge in [-0.1, -0.05) is 17.8 Å². The standard InChI is InChI=1S/C22H28FN9S/c1-13-9-16(10-14(2)31(13)17-7-8-17)25-20-19(23)12-24-21(27-20)26-15-5-4-6-18(11-15)32-22(33-3)28-29-30-32/h4-6,11-14,16-17H,7-10H2,1-3H3,(H2,24,25,26,27). The molecule has 11 heteroatoms. The summed E-state index contributed by atoms with van der Waals surface area (Å²) < 4.78 is 16.2. The van der Waals surface area contributed by atoms with Crippen LogP contribution in [0.25, 0.3) is 5.69 Å². The van der Waals surface area contributed by atoms with Crippen LogP contribution < -0.4 is 10.6 Å². The van der Waals surface area contributed by atoms with E-state index in [1.54, 1.807) is 4.68 Å². The van der Waals surface area contributed by atoms with Crippen molar-refractivity contribution in [3.63, 3.8) is 0 Å². The first kappa shape index (κ1) is 22.0. The minimum Gasteiger partial charge on any atom is -0.365 e. The minimum absolute atomic E-state index is 0.176. The number of hydrogen-bond donors (Lipinski definition) is 2. The quantitative estimate of drug-likeness (QED) is 0.500. The molecule has 0 amide bonds. The van der Waals surface area contributed by atoms with Crippen LogP contribution >= 0.6 is 11.8 Å². The number of hydrogen-bond acceptors (Lipinski definition) is 9. The lowest BCUT2D eigenvalue weighted by Gasteiger charge is -2.43. The molecule has 5 rings (SSSR count). The maximum atomic E-state index is 14.6. The number of piperidine rings is 1. The molecule has 1 saturated carbocycles. The molecule has 1 aliphatic heterocycles. The Bertz CT molecular complexity index is 1110. The molecular weight excluding hydrogens is 441 g/mol. The van der Waals surface area contributed by atoms with Crippen molar-refractivity contribution >= 4 is 29.2 Å². The van der Waals surface area contributed by atoms with Crippen LogP contribution in [0.3, 0.4) is 0 Å². The number of nitrogens with one attached hydrogen (secondary N) is 2. The Hall–Kier alpha value is -2.79. The van der Waals surface area contributed by atoms with Crippen LogP contribution in [0, 0.1) is 5.82 Å². The molecule has 1 aromatic carbocycles. The number of nitrogens with zero attached hydrogens (tertiary/aromatic N) is 7. The van der Waals surface area contributed by atoms with Crippen molar-refractivity contribution in [2.24, 2.45) is 0 Å². The molecule has 33 heavy (non-hydrogen) atoms. The molecule has 0 radical (unpaired) electrons. The molecule has 0 spiro atoms. The molecule has 9 nitrogen and oxygen atoms in total. The summed E-state index contributed by atoms with van der Waals surface area (Å²) >= 11 is 1.46. The van der Waals surface area contributed by atoms with Gasteiger partial charge >= 0.3 is 0 Å². The van der Waals surface area contributed by atoms with Crippen molar-refractivity contribution in [1.82, 2.24) is 35.1 Å². The van der Waals surface area contributed by atoms with E-state index in [0.29, 0.717) is 23.2 Å². The molecule has 1 aliphatic carbocycles. The number of tetrazole rings is 1. The summed E-state index contributed by atoms with van der Waals surface area (Å²) in [6.07, 6.45) is 7.67. The summed E-state index contributed by atoms with van der Waals surface area (Å²) in [4.78, 5) is 11.2. The summed E-state index contributed by atoms with van der Waals surface area (Å²) in [5, 5.41) is 19.0. The van der Waals surface area contributed by atoms with Crippen LogP contribution in [-0.2, 0) is 0 Å². The molecular formula is C22H28FN9S. The highest BCUT2D eigenvalue weighted by Gasteiger charge is 2.40. The Morgan fingerprint density at radius 2 is 1.94 bits per heavy atom. The smallest absolute Gasteiger partial charge is 0.229 e. The second-order valence-electron chi connectivity index (χ2n) is 8.83. The van der Waals surface area contributed by atoms with E-state index in [4.69, 9.17) is 0 Å². The predicted molar refractivity (Wildman–Crippen MR) is 127 cm³/mol. The molecule has 2 fully saturated rings. The number of rotatable bonds is 7. The van der Waals surface area contributed by atoms with Gasteiger partial charge in [0.2, 0.25) is 11.1 Å². The lowest BCUT2D eigenvalue weighted by Crippen LogP contribution is -2.51. The molecule has 174 valence electrons. The van der Waals surface area contributed by atoms with Crippen LogP contribution in [0.1, 0.15) is 39.5 Å². The monoisotopic (exact) mass is 469 g/mol. The molecule has 1 saturated heterocycles. The zero-order valence-electron chi connectivity index (χ0n) is 18.9. The van der Waals surface area contributed by atoms with Crippen molar-refractivity contribution in [1.29, 1.82) is 0 Å². The molecule has 0 bridgehead atoms. The van der Waals surface area contributed by atoms with E-state index < -0.39 is 5.82 Å². The van der Waals surface area contributed by atoms with Gasteiger partial charge in [0, 0.05) is 29.9 Å². The molecule has 3 heterocycles. The number of aromatic nitrogens is 6. The Morgan fingerprint density at radius 3 is 2.67 bits per heavy atom. The van der Waals surface area contributed by atoms with Gasteiger partial charge in [0.05, 0.1) is 11.9 Å². The van der Waals surface area contributed by atoms with Gasteiger partial charge in [0.1, 0.15) is 0 Å². The van der Waals surface area contributed by atoms with E-state index in [1.807, 2.05) is 30.5 Å². The van der Waals surface area contributed by atoms with E-state index in [9.17, 15) is 4.39 Å². The van der Waals surface area contributed by atoms with Crippen LogP contribution in [0.4, 0.5) is 21.8 Å². The first-order valence-corrected chi connectivity index (χ1v) is 12.5. The third-order valence-electron chi connectivity index (χ3n) is 6.29. The van der Waals surface area contributed by atoms with Gasteiger partial charge in [-0.05, 0) is 74.4 Å². The molecule has 2 aliphatic rings. The lowest BCUT2D eigenvalue weighted by molar-refractivity contribution is 0.0877. The fourth-order valence-corrected chi connectivity index (χ4v) is 5.28. The zero-order valence-corrected chi connectivity index (χ0v) is 19.8. The van der Waals surface area contributed by atoms with Crippen LogP contribution in [0.5, 0.6) is 0 Å². The molecule has 2 N–H and O–H groups in total. The Morgan fingerprint density at radius 1 is 1.15 bits per heavy atom. The van der Waals surface area contributed by atoms with Crippen molar-refractivity contribution in [3.8, 4) is 5.69 Å². The highest BCUT2D eigenvalue weighted by molar-refractivity contribution is 7.98. The highest BCUT2D eigenvalue weighted by Crippen LogP contribution is 2.36. The summed E-state index contributed by atoms with van der Waals surface area (Å²) in [5.41, 5.74) is 1.56. The van der Waals surface area contributed by atoms with Crippen molar-refractivity contribution < 1.29 is 4.39 Å². The Kier molecular flexibility index (Phi) is 6.15. The fourth-order valence-electron chi connectivity index (χ4n) is 4.84. The molecule has 2 unspecified atom stereocenters. The normalized spacial score (nSPS) is 23.5. The molecule has 3 aromatic rings. The second kappa shape index (κ2) is 9.22. The number of benzene rings is 1. The molecule has 2 aromatic heterocycles. The SMILES string of the molecule is CSc1nnnn1-c1cccc(Nc2ncc(F)c(NC3CC(C)N(C4CC4)C(C)C3)n2)c1. The highest BCUT2D eigenvalue weighted by atomic mass is 32.2. The minimum atomic E-state index is -0.447. The first-order chi connectivity index (χ1) is 16.0. The summed E-state index contributed by atoms with van der Waals surface area (Å²) in [6.45, 7) is 4.54. The van der Waals surface area contributed by atoms with E-state index >= 15 is 0 Å². The Labute approximate surface area is 196 Å². The maximum Gasteiger partial charge on any atom is 0.229 e. The molecule has 2 atom stereocenters.